The SMILES string of the molecule is CC[C@H](C)N(Cc1cccc(OS(=O)(=O)C(C)C)c1)C(=O)CC(C)(C)C. The second-order valence-electron chi connectivity index (χ2n) is 8.29. The summed E-state index contributed by atoms with van der Waals surface area (Å²) in [7, 11) is -3.64. The van der Waals surface area contributed by atoms with Gasteiger partial charge in [-0.15, -0.1) is 0 Å². The lowest BCUT2D eigenvalue weighted by molar-refractivity contribution is -0.135. The van der Waals surface area contributed by atoms with Gasteiger partial charge in [0.25, 0.3) is 0 Å². The van der Waals surface area contributed by atoms with Gasteiger partial charge in [0, 0.05) is 19.0 Å². The summed E-state index contributed by atoms with van der Waals surface area (Å²) in [5.74, 6) is 0.386. The molecule has 0 unspecified atom stereocenters. The van der Waals surface area contributed by atoms with Gasteiger partial charge in [0.05, 0.1) is 5.25 Å². The Labute approximate surface area is 158 Å². The van der Waals surface area contributed by atoms with E-state index in [0.29, 0.717) is 13.0 Å². The predicted molar refractivity (Wildman–Crippen MR) is 106 cm³/mol. The lowest BCUT2D eigenvalue weighted by Crippen LogP contribution is -2.39. The molecular formula is C20H33NO4S. The Bertz CT molecular complexity index is 705. The highest BCUT2D eigenvalue weighted by atomic mass is 32.2. The number of hydrogen-bond donors (Lipinski definition) is 0. The summed E-state index contributed by atoms with van der Waals surface area (Å²) in [6.45, 7) is 13.8. The fourth-order valence-corrected chi connectivity index (χ4v) is 2.95. The van der Waals surface area contributed by atoms with Crippen LogP contribution in [0, 0.1) is 5.41 Å². The second-order valence-corrected chi connectivity index (χ2v) is 10.4. The van der Waals surface area contributed by atoms with Gasteiger partial charge in [0.1, 0.15) is 5.75 Å². The van der Waals surface area contributed by atoms with E-state index in [1.807, 2.05) is 38.7 Å². The maximum atomic E-state index is 12.8. The molecule has 0 aliphatic carbocycles. The first-order chi connectivity index (χ1) is 11.9. The monoisotopic (exact) mass is 383 g/mol. The molecule has 1 aromatic rings. The highest BCUT2D eigenvalue weighted by Gasteiger charge is 2.25. The number of carbonyl (C=O) groups is 1. The van der Waals surface area contributed by atoms with Crippen molar-refractivity contribution in [1.29, 1.82) is 0 Å². The largest absolute Gasteiger partial charge is 0.382 e. The maximum absolute atomic E-state index is 12.8. The number of benzene rings is 1. The van der Waals surface area contributed by atoms with Crippen LogP contribution in [-0.2, 0) is 21.5 Å². The Kier molecular flexibility index (Phi) is 7.69. The molecule has 1 rings (SSSR count). The molecule has 1 atom stereocenters. The van der Waals surface area contributed by atoms with Crippen LogP contribution in [0.25, 0.3) is 0 Å². The summed E-state index contributed by atoms with van der Waals surface area (Å²) >= 11 is 0. The van der Waals surface area contributed by atoms with E-state index in [0.717, 1.165) is 12.0 Å². The third kappa shape index (κ3) is 6.98. The molecule has 0 aliphatic rings. The Morgan fingerprint density at radius 2 is 1.81 bits per heavy atom. The molecule has 0 bridgehead atoms. The summed E-state index contributed by atoms with van der Waals surface area (Å²) < 4.78 is 29.1. The molecule has 0 aliphatic heterocycles. The van der Waals surface area contributed by atoms with E-state index >= 15 is 0 Å². The fraction of sp³-hybridized carbons (Fsp3) is 0.650. The number of amides is 1. The Hall–Kier alpha value is -1.56. The van der Waals surface area contributed by atoms with Crippen molar-refractivity contribution in [2.45, 2.75) is 79.1 Å². The van der Waals surface area contributed by atoms with Gasteiger partial charge in [-0.1, -0.05) is 39.8 Å². The molecule has 6 heteroatoms. The summed E-state index contributed by atoms with van der Waals surface area (Å²) in [4.78, 5) is 14.6. The Morgan fingerprint density at radius 3 is 2.31 bits per heavy atom. The molecule has 0 heterocycles. The Morgan fingerprint density at radius 1 is 1.19 bits per heavy atom. The molecule has 0 radical (unpaired) electrons. The quantitative estimate of drug-likeness (QED) is 0.626. The first kappa shape index (κ1) is 22.5. The van der Waals surface area contributed by atoms with Crippen molar-refractivity contribution in [3.05, 3.63) is 29.8 Å². The topological polar surface area (TPSA) is 63.7 Å². The van der Waals surface area contributed by atoms with Gasteiger partial charge in [-0.3, -0.25) is 4.79 Å². The molecule has 5 nitrogen and oxygen atoms in total. The van der Waals surface area contributed by atoms with Crippen molar-refractivity contribution >= 4 is 16.0 Å². The lowest BCUT2D eigenvalue weighted by atomic mass is 9.91. The van der Waals surface area contributed by atoms with E-state index in [1.165, 1.54) is 0 Å². The van der Waals surface area contributed by atoms with Gasteiger partial charge >= 0.3 is 10.1 Å². The van der Waals surface area contributed by atoms with Gasteiger partial charge in [0.15, 0.2) is 0 Å². The Balaban J connectivity index is 3.02. The van der Waals surface area contributed by atoms with Crippen LogP contribution in [0.1, 0.15) is 66.9 Å². The molecule has 0 spiro atoms. The van der Waals surface area contributed by atoms with Crippen molar-refractivity contribution in [3.63, 3.8) is 0 Å². The molecule has 148 valence electrons. The molecule has 26 heavy (non-hydrogen) atoms. The van der Waals surface area contributed by atoms with E-state index in [2.05, 4.69) is 6.92 Å². The highest BCUT2D eigenvalue weighted by molar-refractivity contribution is 7.87. The molecule has 1 amide bonds. The molecular weight excluding hydrogens is 350 g/mol. The minimum atomic E-state index is -3.64. The van der Waals surface area contributed by atoms with Crippen molar-refractivity contribution in [3.8, 4) is 5.75 Å². The highest BCUT2D eigenvalue weighted by Crippen LogP contribution is 2.24. The fourth-order valence-electron chi connectivity index (χ4n) is 2.39. The third-order valence-corrected chi connectivity index (χ3v) is 5.75. The first-order valence-corrected chi connectivity index (χ1v) is 10.6. The summed E-state index contributed by atoms with van der Waals surface area (Å²) in [6.07, 6.45) is 1.32. The number of rotatable bonds is 8. The molecule has 0 saturated heterocycles. The number of carbonyl (C=O) groups excluding carboxylic acids is 1. The van der Waals surface area contributed by atoms with Gasteiger partial charge in [0.2, 0.25) is 5.91 Å². The zero-order chi connectivity index (χ0) is 20.1. The van der Waals surface area contributed by atoms with Crippen LogP contribution in [0.5, 0.6) is 5.75 Å². The number of nitrogens with zero attached hydrogens (tertiary/aromatic N) is 1. The third-order valence-electron chi connectivity index (χ3n) is 4.17. The minimum Gasteiger partial charge on any atom is -0.382 e. The normalized spacial score (nSPS) is 13.5. The second kappa shape index (κ2) is 8.89. The van der Waals surface area contributed by atoms with Crippen molar-refractivity contribution < 1.29 is 17.4 Å². The zero-order valence-electron chi connectivity index (χ0n) is 17.1. The number of hydrogen-bond acceptors (Lipinski definition) is 4. The van der Waals surface area contributed by atoms with E-state index in [1.54, 1.807) is 32.0 Å². The molecule has 0 fully saturated rings. The lowest BCUT2D eigenvalue weighted by Gasteiger charge is -2.31. The maximum Gasteiger partial charge on any atom is 0.311 e. The van der Waals surface area contributed by atoms with Gasteiger partial charge in [-0.05, 0) is 50.3 Å². The summed E-state index contributed by atoms with van der Waals surface area (Å²) in [5.41, 5.74) is 0.767. The van der Waals surface area contributed by atoms with Crippen molar-refractivity contribution in [2.24, 2.45) is 5.41 Å². The molecule has 1 aromatic carbocycles. The van der Waals surface area contributed by atoms with Gasteiger partial charge in [-0.2, -0.15) is 8.42 Å². The van der Waals surface area contributed by atoms with Crippen molar-refractivity contribution in [2.75, 3.05) is 0 Å². The predicted octanol–water partition coefficient (Wildman–Crippen LogP) is 4.37. The van der Waals surface area contributed by atoms with Crippen LogP contribution in [-0.4, -0.2) is 30.5 Å². The van der Waals surface area contributed by atoms with Crippen molar-refractivity contribution in [1.82, 2.24) is 4.90 Å². The van der Waals surface area contributed by atoms with Gasteiger partial charge in [-0.25, -0.2) is 0 Å². The van der Waals surface area contributed by atoms with Gasteiger partial charge < -0.3 is 9.08 Å². The van der Waals surface area contributed by atoms with E-state index in [9.17, 15) is 13.2 Å². The average Bonchev–Trinajstić information content (AvgIpc) is 2.50. The van der Waals surface area contributed by atoms with E-state index < -0.39 is 15.4 Å². The molecule has 0 N–H and O–H groups in total. The smallest absolute Gasteiger partial charge is 0.311 e. The van der Waals surface area contributed by atoms with E-state index in [4.69, 9.17) is 4.18 Å². The average molecular weight is 384 g/mol. The van der Waals surface area contributed by atoms with E-state index in [-0.39, 0.29) is 23.1 Å². The summed E-state index contributed by atoms with van der Waals surface area (Å²) in [5, 5.41) is -0.615. The van der Waals surface area contributed by atoms with Crippen LogP contribution in [0.3, 0.4) is 0 Å². The summed E-state index contributed by atoms with van der Waals surface area (Å²) in [6, 6.07) is 7.06. The first-order valence-electron chi connectivity index (χ1n) is 9.17. The minimum absolute atomic E-state index is 0.0842. The standard InChI is InChI=1S/C20H33NO4S/c1-8-16(4)21(19(22)13-20(5,6)7)14-17-10-9-11-18(12-17)25-26(23,24)15(2)3/h9-12,15-16H,8,13-14H2,1-7H3/t16-/m0/s1. The van der Waals surface area contributed by atoms with Crippen LogP contribution in [0.2, 0.25) is 0 Å². The van der Waals surface area contributed by atoms with Crippen LogP contribution < -0.4 is 4.18 Å². The molecule has 0 saturated carbocycles. The van der Waals surface area contributed by atoms with Crippen LogP contribution in [0.15, 0.2) is 24.3 Å². The zero-order valence-corrected chi connectivity index (χ0v) is 17.9. The van der Waals surface area contributed by atoms with Crippen LogP contribution >= 0.6 is 0 Å². The molecule has 0 aromatic heterocycles. The van der Waals surface area contributed by atoms with Crippen LogP contribution in [0.4, 0.5) is 0 Å².